The molecule has 1 aromatic rings. The van der Waals surface area contributed by atoms with Gasteiger partial charge in [-0.3, -0.25) is 9.89 Å². The number of aliphatic imine (C=N–C) groups is 1. The summed E-state index contributed by atoms with van der Waals surface area (Å²) in [5.74, 6) is 2.33. The Bertz CT molecular complexity index is 1100. The number of nitrogens with zero attached hydrogens (tertiary/aromatic N) is 3. The van der Waals surface area contributed by atoms with E-state index in [-0.39, 0.29) is 0 Å². The van der Waals surface area contributed by atoms with Crippen LogP contribution in [0.25, 0.3) is 5.70 Å². The van der Waals surface area contributed by atoms with Crippen molar-refractivity contribution in [2.75, 3.05) is 20.1 Å². The number of hydrogen-bond acceptors (Lipinski definition) is 3. The lowest BCUT2D eigenvalue weighted by Gasteiger charge is -2.32. The molecule has 0 aromatic heterocycles. The van der Waals surface area contributed by atoms with Gasteiger partial charge in [0.25, 0.3) is 0 Å². The molecule has 1 saturated carbocycles. The second-order valence-corrected chi connectivity index (χ2v) is 11.1. The van der Waals surface area contributed by atoms with Crippen LogP contribution in [0.1, 0.15) is 70.4 Å². The third kappa shape index (κ3) is 8.19. The highest BCUT2D eigenvalue weighted by atomic mass is 15.3. The largest absolute Gasteiger partial charge is 0.330 e. The number of piperidine rings is 1. The molecule has 0 amide bonds. The maximum absolute atomic E-state index is 4.99. The van der Waals surface area contributed by atoms with E-state index < -0.39 is 0 Å². The minimum absolute atomic E-state index is 0.405. The number of rotatable bonds is 10. The van der Waals surface area contributed by atoms with E-state index in [4.69, 9.17) is 4.99 Å². The van der Waals surface area contributed by atoms with E-state index in [1.807, 2.05) is 12.2 Å². The summed E-state index contributed by atoms with van der Waals surface area (Å²) in [7, 11) is 2.20. The molecular formula is C34H48N4. The van der Waals surface area contributed by atoms with Crippen LogP contribution in [-0.2, 0) is 0 Å². The number of allylic oxidation sites excluding steroid dienone is 6. The lowest BCUT2D eigenvalue weighted by atomic mass is 9.90. The van der Waals surface area contributed by atoms with Gasteiger partial charge >= 0.3 is 0 Å². The van der Waals surface area contributed by atoms with Crippen LogP contribution in [0, 0.1) is 12.8 Å². The predicted molar refractivity (Wildman–Crippen MR) is 166 cm³/mol. The molecule has 0 radical (unpaired) electrons. The minimum atomic E-state index is 0.405. The standard InChI is InChI=1S/C34H48N4/c1-9-12-34(36-29(7)35-32-13-10-11-14-32)38(28(6)31-18-15-26(4)16-19-31)33(25(2)3)20-17-27(5)30-21-23-37(8)24-22-30/h9,12,15-20,30,32H,1,5-6,10-11,13-14,21-24H2,2-4,7-8H3,(H,35,36)/b20-17-,34-12+. The van der Waals surface area contributed by atoms with Gasteiger partial charge in [-0.2, -0.15) is 0 Å². The Morgan fingerprint density at radius 2 is 1.63 bits per heavy atom. The summed E-state index contributed by atoms with van der Waals surface area (Å²) in [5, 5.41) is 3.61. The van der Waals surface area contributed by atoms with Crippen LogP contribution in [0.15, 0.2) is 96.0 Å². The number of hydrogen-bond donors (Lipinski definition) is 1. The molecule has 4 heteroatoms. The SMILES string of the molecule is C=C/C=C(\NC(C)=NC1CCCC1)N(C(=C)c1ccc(C)cc1)C(/C=C\C(=C)C1CCN(C)CC1)=C(C)C. The molecule has 0 spiro atoms. The van der Waals surface area contributed by atoms with Crippen LogP contribution in [0.4, 0.5) is 0 Å². The monoisotopic (exact) mass is 512 g/mol. The topological polar surface area (TPSA) is 30.9 Å². The van der Waals surface area contributed by atoms with Crippen molar-refractivity contribution in [2.45, 2.75) is 72.3 Å². The lowest BCUT2D eigenvalue weighted by Crippen LogP contribution is -2.33. The van der Waals surface area contributed by atoms with E-state index in [2.05, 4.69) is 106 Å². The van der Waals surface area contributed by atoms with E-state index in [1.54, 1.807) is 0 Å². The number of aryl methyl sites for hydroxylation is 1. The van der Waals surface area contributed by atoms with Crippen LogP contribution in [0.3, 0.4) is 0 Å². The molecule has 2 aliphatic rings. The van der Waals surface area contributed by atoms with Gasteiger partial charge < -0.3 is 10.2 Å². The van der Waals surface area contributed by atoms with Crippen LogP contribution in [-0.4, -0.2) is 41.8 Å². The molecule has 1 saturated heterocycles. The highest BCUT2D eigenvalue weighted by Crippen LogP contribution is 2.31. The first-order valence-electron chi connectivity index (χ1n) is 14.1. The van der Waals surface area contributed by atoms with Crippen LogP contribution < -0.4 is 5.32 Å². The summed E-state index contributed by atoms with van der Waals surface area (Å²) in [6.07, 6.45) is 15.4. The van der Waals surface area contributed by atoms with Crippen LogP contribution in [0.2, 0.25) is 0 Å². The van der Waals surface area contributed by atoms with E-state index >= 15 is 0 Å². The molecule has 2 fully saturated rings. The second-order valence-electron chi connectivity index (χ2n) is 11.1. The fourth-order valence-corrected chi connectivity index (χ4v) is 5.27. The zero-order valence-electron chi connectivity index (χ0n) is 24.4. The Kier molecular flexibility index (Phi) is 11.0. The molecule has 0 unspecified atom stereocenters. The zero-order valence-corrected chi connectivity index (χ0v) is 24.4. The van der Waals surface area contributed by atoms with E-state index in [1.165, 1.54) is 42.4 Å². The lowest BCUT2D eigenvalue weighted by molar-refractivity contribution is 0.240. The van der Waals surface area contributed by atoms with Gasteiger partial charge in [0.15, 0.2) is 0 Å². The molecule has 0 bridgehead atoms. The molecule has 4 nitrogen and oxygen atoms in total. The molecule has 1 aliphatic carbocycles. The van der Waals surface area contributed by atoms with E-state index in [0.717, 1.165) is 54.5 Å². The second kappa shape index (κ2) is 14.2. The molecule has 1 heterocycles. The zero-order chi connectivity index (χ0) is 27.7. The number of amidine groups is 1. The van der Waals surface area contributed by atoms with Crippen molar-refractivity contribution in [3.05, 3.63) is 102 Å². The summed E-state index contributed by atoms with van der Waals surface area (Å²) in [4.78, 5) is 9.59. The van der Waals surface area contributed by atoms with Crippen LogP contribution >= 0.6 is 0 Å². The van der Waals surface area contributed by atoms with E-state index in [0.29, 0.717) is 12.0 Å². The van der Waals surface area contributed by atoms with Crippen molar-refractivity contribution in [1.82, 2.24) is 15.1 Å². The van der Waals surface area contributed by atoms with Gasteiger partial charge in [-0.25, -0.2) is 0 Å². The summed E-state index contributed by atoms with van der Waals surface area (Å²) in [6, 6.07) is 8.95. The number of benzene rings is 1. The van der Waals surface area contributed by atoms with Crippen molar-refractivity contribution in [2.24, 2.45) is 10.9 Å². The first-order chi connectivity index (χ1) is 18.2. The fraction of sp³-hybridized carbons (Fsp3) is 0.441. The summed E-state index contributed by atoms with van der Waals surface area (Å²) < 4.78 is 0. The minimum Gasteiger partial charge on any atom is -0.330 e. The third-order valence-corrected chi connectivity index (χ3v) is 7.63. The number of nitrogens with one attached hydrogen (secondary N) is 1. The molecule has 1 N–H and O–H groups in total. The van der Waals surface area contributed by atoms with Gasteiger partial charge in [0.05, 0.1) is 11.9 Å². The highest BCUT2D eigenvalue weighted by Gasteiger charge is 2.22. The molecular weight excluding hydrogens is 464 g/mol. The van der Waals surface area contributed by atoms with Crippen LogP contribution in [0.5, 0.6) is 0 Å². The van der Waals surface area contributed by atoms with Crippen molar-refractivity contribution < 1.29 is 0 Å². The van der Waals surface area contributed by atoms with Gasteiger partial charge in [-0.15, -0.1) is 0 Å². The predicted octanol–water partition coefficient (Wildman–Crippen LogP) is 7.99. The van der Waals surface area contributed by atoms with E-state index in [9.17, 15) is 0 Å². The van der Waals surface area contributed by atoms with Crippen molar-refractivity contribution in [1.29, 1.82) is 0 Å². The fourth-order valence-electron chi connectivity index (χ4n) is 5.27. The summed E-state index contributed by atoms with van der Waals surface area (Å²) in [5.41, 5.74) is 6.64. The van der Waals surface area contributed by atoms with Gasteiger partial charge in [-0.1, -0.05) is 85.7 Å². The first kappa shape index (κ1) is 29.4. The summed E-state index contributed by atoms with van der Waals surface area (Å²) in [6.45, 7) is 23.8. The Morgan fingerprint density at radius 3 is 2.21 bits per heavy atom. The van der Waals surface area contributed by atoms with Crippen molar-refractivity contribution in [3.8, 4) is 0 Å². The first-order valence-corrected chi connectivity index (χ1v) is 14.1. The van der Waals surface area contributed by atoms with Crippen molar-refractivity contribution >= 4 is 11.5 Å². The Labute approximate surface area is 231 Å². The average molecular weight is 513 g/mol. The maximum Gasteiger partial charge on any atom is 0.116 e. The Hall–Kier alpha value is -3.11. The smallest absolute Gasteiger partial charge is 0.116 e. The highest BCUT2D eigenvalue weighted by molar-refractivity contribution is 5.82. The Morgan fingerprint density at radius 1 is 1.00 bits per heavy atom. The molecule has 1 aromatic carbocycles. The average Bonchev–Trinajstić information content (AvgIpc) is 3.39. The normalized spacial score (nSPS) is 18.0. The summed E-state index contributed by atoms with van der Waals surface area (Å²) >= 11 is 0. The van der Waals surface area contributed by atoms with Gasteiger partial charge in [0.2, 0.25) is 0 Å². The quantitative estimate of drug-likeness (QED) is 0.196. The third-order valence-electron chi connectivity index (χ3n) is 7.63. The number of likely N-dealkylation sites (tertiary alicyclic amines) is 1. The molecule has 3 rings (SSSR count). The Balaban J connectivity index is 1.98. The van der Waals surface area contributed by atoms with Gasteiger partial charge in [0, 0.05) is 11.4 Å². The van der Waals surface area contributed by atoms with Gasteiger partial charge in [-0.05, 0) is 97.1 Å². The molecule has 1 aliphatic heterocycles. The maximum atomic E-state index is 4.99. The van der Waals surface area contributed by atoms with Gasteiger partial charge in [0.1, 0.15) is 5.82 Å². The molecule has 204 valence electrons. The molecule has 38 heavy (non-hydrogen) atoms. The van der Waals surface area contributed by atoms with Crippen molar-refractivity contribution in [3.63, 3.8) is 0 Å². The molecule has 0 atom stereocenters.